The Morgan fingerprint density at radius 1 is 1.23 bits per heavy atom. The van der Waals surface area contributed by atoms with E-state index in [-0.39, 0.29) is 11.5 Å². The van der Waals surface area contributed by atoms with Crippen LogP contribution in [0, 0.1) is 0 Å². The number of hydrogen-bond acceptors (Lipinski definition) is 6. The van der Waals surface area contributed by atoms with Gasteiger partial charge in [0.05, 0.1) is 23.5 Å². The Hall–Kier alpha value is -3.33. The lowest BCUT2D eigenvalue weighted by molar-refractivity contribution is 0.155. The van der Waals surface area contributed by atoms with Crippen LogP contribution in [0.3, 0.4) is 0 Å². The molecule has 30 heavy (non-hydrogen) atoms. The van der Waals surface area contributed by atoms with Gasteiger partial charge in [0, 0.05) is 30.4 Å². The molecule has 4 rings (SSSR count). The Labute approximate surface area is 174 Å². The van der Waals surface area contributed by atoms with Gasteiger partial charge in [0.2, 0.25) is 0 Å². The van der Waals surface area contributed by atoms with Gasteiger partial charge in [0.25, 0.3) is 0 Å². The summed E-state index contributed by atoms with van der Waals surface area (Å²) in [5, 5.41) is 2.75. The van der Waals surface area contributed by atoms with Gasteiger partial charge in [-0.15, -0.1) is 0 Å². The zero-order chi connectivity index (χ0) is 21.1. The molecule has 2 aromatic carbocycles. The summed E-state index contributed by atoms with van der Waals surface area (Å²) >= 11 is 0. The van der Waals surface area contributed by atoms with Gasteiger partial charge in [-0.2, -0.15) is 0 Å². The summed E-state index contributed by atoms with van der Waals surface area (Å²) in [4.78, 5) is 21.9. The van der Waals surface area contributed by atoms with E-state index in [1.165, 1.54) is 17.7 Å². The molecule has 156 valence electrons. The van der Waals surface area contributed by atoms with E-state index >= 15 is 0 Å². The van der Waals surface area contributed by atoms with Crippen molar-refractivity contribution in [2.75, 3.05) is 23.0 Å². The number of hydrogen-bond donors (Lipinski definition) is 2. The van der Waals surface area contributed by atoms with E-state index in [2.05, 4.69) is 20.2 Å². The van der Waals surface area contributed by atoms with Crippen molar-refractivity contribution in [1.29, 1.82) is 0 Å². The van der Waals surface area contributed by atoms with Crippen molar-refractivity contribution in [3.63, 3.8) is 0 Å². The van der Waals surface area contributed by atoms with Crippen LogP contribution in [-0.4, -0.2) is 37.3 Å². The fourth-order valence-corrected chi connectivity index (χ4v) is 4.03. The van der Waals surface area contributed by atoms with Crippen LogP contribution in [0.15, 0.2) is 59.9 Å². The molecule has 1 aliphatic heterocycles. The quantitative estimate of drug-likeness (QED) is 0.628. The number of anilines is 2. The fraction of sp³-hybridized carbons (Fsp3) is 0.238. The van der Waals surface area contributed by atoms with Gasteiger partial charge in [-0.25, -0.2) is 18.2 Å². The van der Waals surface area contributed by atoms with Crippen LogP contribution in [-0.2, 0) is 34.1 Å². The molecule has 1 amide bonds. The lowest BCUT2D eigenvalue weighted by Gasteiger charge is -2.19. The molecule has 1 aliphatic rings. The Morgan fingerprint density at radius 2 is 2.03 bits per heavy atom. The number of aromatic nitrogens is 2. The Bertz CT molecular complexity index is 1140. The summed E-state index contributed by atoms with van der Waals surface area (Å²) in [6.45, 7) is 1.65. The molecular formula is C21H22N4O4S. The molecule has 1 aromatic heterocycles. The summed E-state index contributed by atoms with van der Waals surface area (Å²) < 4.78 is 28.3. The van der Waals surface area contributed by atoms with Crippen LogP contribution in [0.4, 0.5) is 16.2 Å². The first-order valence-electron chi connectivity index (χ1n) is 9.47. The first-order valence-corrected chi connectivity index (χ1v) is 11.4. The van der Waals surface area contributed by atoms with Gasteiger partial charge in [-0.05, 0) is 41.8 Å². The molecule has 2 N–H and O–H groups in total. The van der Waals surface area contributed by atoms with Crippen LogP contribution >= 0.6 is 0 Å². The maximum Gasteiger partial charge on any atom is 0.411 e. The molecule has 9 heteroatoms. The van der Waals surface area contributed by atoms with E-state index in [4.69, 9.17) is 4.74 Å². The number of sulfone groups is 1. The third-order valence-electron chi connectivity index (χ3n) is 4.95. The number of nitrogens with one attached hydrogen (secondary N) is 2. The standard InChI is InChI=1S/C21H22N4O4S/c1-30(27,28)19-6-2-15(3-7-19)13-29-21(26)24-17-5-4-16-8-9-25(20(16)10-17)12-18-11-22-14-23-18/h2-7,10-11,14H,8-9,12-13H2,1H3,(H,22,23)(H,24,26). The largest absolute Gasteiger partial charge is 0.444 e. The molecule has 0 radical (unpaired) electrons. The topological polar surface area (TPSA) is 104 Å². The smallest absolute Gasteiger partial charge is 0.411 e. The number of ether oxygens (including phenoxy) is 1. The number of H-pyrrole nitrogens is 1. The van der Waals surface area contributed by atoms with Crippen molar-refractivity contribution in [3.8, 4) is 0 Å². The number of benzene rings is 2. The van der Waals surface area contributed by atoms with Gasteiger partial charge >= 0.3 is 6.09 Å². The van der Waals surface area contributed by atoms with E-state index in [0.29, 0.717) is 17.8 Å². The SMILES string of the molecule is CS(=O)(=O)c1ccc(COC(=O)Nc2ccc3c(c2)N(Cc2c[nH]cn2)CC3)cc1. The minimum atomic E-state index is -3.25. The summed E-state index contributed by atoms with van der Waals surface area (Å²) in [7, 11) is -3.25. The van der Waals surface area contributed by atoms with Crippen molar-refractivity contribution < 1.29 is 17.9 Å². The van der Waals surface area contributed by atoms with Crippen molar-refractivity contribution in [3.05, 3.63) is 71.8 Å². The summed E-state index contributed by atoms with van der Waals surface area (Å²) in [5.41, 5.74) is 4.63. The molecule has 0 bridgehead atoms. The van der Waals surface area contributed by atoms with E-state index < -0.39 is 15.9 Å². The maximum absolute atomic E-state index is 12.2. The van der Waals surface area contributed by atoms with E-state index in [0.717, 1.165) is 30.6 Å². The number of imidazole rings is 1. The molecule has 8 nitrogen and oxygen atoms in total. The third kappa shape index (κ3) is 4.62. The fourth-order valence-electron chi connectivity index (χ4n) is 3.40. The van der Waals surface area contributed by atoms with E-state index in [1.807, 2.05) is 24.4 Å². The van der Waals surface area contributed by atoms with E-state index in [1.54, 1.807) is 18.5 Å². The van der Waals surface area contributed by atoms with Gasteiger partial charge in [0.15, 0.2) is 9.84 Å². The second-order valence-electron chi connectivity index (χ2n) is 7.19. The number of carbonyl (C=O) groups is 1. The Kier molecular flexibility index (Phi) is 5.45. The second kappa shape index (κ2) is 8.19. The number of carbonyl (C=O) groups excluding carboxylic acids is 1. The number of fused-ring (bicyclic) bond motifs is 1. The van der Waals surface area contributed by atoms with Crippen molar-refractivity contribution in [2.45, 2.75) is 24.5 Å². The highest BCUT2D eigenvalue weighted by Gasteiger charge is 2.20. The van der Waals surface area contributed by atoms with Crippen LogP contribution in [0.25, 0.3) is 0 Å². The van der Waals surface area contributed by atoms with Crippen molar-refractivity contribution in [1.82, 2.24) is 9.97 Å². The van der Waals surface area contributed by atoms with Gasteiger partial charge in [0.1, 0.15) is 6.61 Å². The van der Waals surface area contributed by atoms with Gasteiger partial charge < -0.3 is 14.6 Å². The van der Waals surface area contributed by atoms with Crippen LogP contribution in [0.2, 0.25) is 0 Å². The molecule has 0 fully saturated rings. The lowest BCUT2D eigenvalue weighted by atomic mass is 10.1. The number of rotatable bonds is 6. The number of aromatic amines is 1. The van der Waals surface area contributed by atoms with Crippen LogP contribution in [0.5, 0.6) is 0 Å². The second-order valence-corrected chi connectivity index (χ2v) is 9.21. The minimum absolute atomic E-state index is 0.0477. The minimum Gasteiger partial charge on any atom is -0.444 e. The summed E-state index contributed by atoms with van der Waals surface area (Å²) in [6.07, 6.45) is 5.07. The van der Waals surface area contributed by atoms with Crippen molar-refractivity contribution >= 4 is 27.3 Å². The Morgan fingerprint density at radius 3 is 2.73 bits per heavy atom. The lowest BCUT2D eigenvalue weighted by Crippen LogP contribution is -2.20. The van der Waals surface area contributed by atoms with Crippen LogP contribution in [0.1, 0.15) is 16.8 Å². The third-order valence-corrected chi connectivity index (χ3v) is 6.08. The zero-order valence-electron chi connectivity index (χ0n) is 16.5. The molecular weight excluding hydrogens is 404 g/mol. The maximum atomic E-state index is 12.2. The first-order chi connectivity index (χ1) is 14.4. The number of nitrogens with zero attached hydrogens (tertiary/aromatic N) is 2. The highest BCUT2D eigenvalue weighted by Crippen LogP contribution is 2.31. The van der Waals surface area contributed by atoms with Gasteiger partial charge in [-0.3, -0.25) is 5.32 Å². The average Bonchev–Trinajstić information content (AvgIpc) is 3.37. The average molecular weight is 426 g/mol. The monoisotopic (exact) mass is 426 g/mol. The molecule has 0 saturated heterocycles. The molecule has 0 aliphatic carbocycles. The molecule has 0 atom stereocenters. The summed E-state index contributed by atoms with van der Waals surface area (Å²) in [6, 6.07) is 12.1. The molecule has 0 spiro atoms. The van der Waals surface area contributed by atoms with E-state index in [9.17, 15) is 13.2 Å². The first kappa shape index (κ1) is 20.0. The molecule has 0 unspecified atom stereocenters. The van der Waals surface area contributed by atoms with Crippen molar-refractivity contribution in [2.24, 2.45) is 0 Å². The Balaban J connectivity index is 1.36. The van der Waals surface area contributed by atoms with Crippen LogP contribution < -0.4 is 10.2 Å². The highest BCUT2D eigenvalue weighted by atomic mass is 32.2. The number of amides is 1. The normalized spacial score (nSPS) is 13.2. The molecule has 0 saturated carbocycles. The molecule has 3 aromatic rings. The summed E-state index contributed by atoms with van der Waals surface area (Å²) in [5.74, 6) is 0. The highest BCUT2D eigenvalue weighted by molar-refractivity contribution is 7.90. The zero-order valence-corrected chi connectivity index (χ0v) is 17.3. The predicted molar refractivity (Wildman–Crippen MR) is 113 cm³/mol. The predicted octanol–water partition coefficient (Wildman–Crippen LogP) is 3.12. The van der Waals surface area contributed by atoms with Gasteiger partial charge in [-0.1, -0.05) is 18.2 Å². The molecule has 2 heterocycles.